The number of nitrogens with zero attached hydrogens (tertiary/aromatic N) is 2. The Balaban J connectivity index is 1.89. The zero-order valence-corrected chi connectivity index (χ0v) is 24.4. The van der Waals surface area contributed by atoms with Gasteiger partial charge in [-0.05, 0) is 71.2 Å². The van der Waals surface area contributed by atoms with E-state index in [1.165, 1.54) is 16.4 Å². The predicted octanol–water partition coefficient (Wildman–Crippen LogP) is 5.75. The molecular weight excluding hydrogens is 523 g/mol. The van der Waals surface area contributed by atoms with Crippen molar-refractivity contribution in [2.75, 3.05) is 26.8 Å². The van der Waals surface area contributed by atoms with Crippen molar-refractivity contribution in [1.29, 1.82) is 0 Å². The number of sulfonamides is 1. The van der Waals surface area contributed by atoms with Crippen LogP contribution in [-0.2, 0) is 38.1 Å². The molecule has 0 fully saturated rings. The van der Waals surface area contributed by atoms with Crippen LogP contribution < -0.4 is 0 Å². The minimum atomic E-state index is -3.94. The predicted molar refractivity (Wildman–Crippen MR) is 150 cm³/mol. The molecule has 1 heterocycles. The highest BCUT2D eigenvalue weighted by molar-refractivity contribution is 7.89. The largest absolute Gasteiger partial charge is 0.385 e. The Morgan fingerprint density at radius 1 is 1.00 bits per heavy atom. The fourth-order valence-corrected chi connectivity index (χ4v) is 6.33. The highest BCUT2D eigenvalue weighted by Crippen LogP contribution is 2.25. The molecule has 2 aromatic carbocycles. The molecule has 0 unspecified atom stereocenters. The van der Waals surface area contributed by atoms with Gasteiger partial charge >= 0.3 is 0 Å². The SMILES string of the molecule is COCCCN(CC(=O)N(Cc1ccc(F)cc1)Cc1sccc1C)S(=O)(=O)c1ccc(C(C)(C)C)cc1. The summed E-state index contributed by atoms with van der Waals surface area (Å²) in [5, 5.41) is 1.97. The van der Waals surface area contributed by atoms with Gasteiger partial charge in [-0.25, -0.2) is 12.8 Å². The van der Waals surface area contributed by atoms with E-state index in [0.29, 0.717) is 19.6 Å². The third-order valence-electron chi connectivity index (χ3n) is 6.37. The number of amides is 1. The second-order valence-corrected chi connectivity index (χ2v) is 13.3. The number of carbonyl (C=O) groups is 1. The molecule has 0 saturated heterocycles. The third kappa shape index (κ3) is 7.96. The standard InChI is InChI=1S/C29H37FN2O4S2/c1-22-15-18-37-27(22)20-31(19-23-7-11-25(30)12-8-23)28(33)21-32(16-6-17-36-5)38(34,35)26-13-9-24(10-14-26)29(2,3)4/h7-15,18H,6,16-17,19-21H2,1-5H3. The Bertz CT molecular complexity index is 1300. The van der Waals surface area contributed by atoms with E-state index in [0.717, 1.165) is 21.6 Å². The molecule has 0 aliphatic heterocycles. The fraction of sp³-hybridized carbons (Fsp3) is 0.414. The number of hydrogen-bond acceptors (Lipinski definition) is 5. The summed E-state index contributed by atoms with van der Waals surface area (Å²) in [7, 11) is -2.38. The first-order valence-corrected chi connectivity index (χ1v) is 14.9. The molecule has 0 spiro atoms. The molecule has 0 atom stereocenters. The second-order valence-electron chi connectivity index (χ2n) is 10.4. The van der Waals surface area contributed by atoms with Crippen LogP contribution >= 0.6 is 11.3 Å². The lowest BCUT2D eigenvalue weighted by Crippen LogP contribution is -2.43. The molecule has 38 heavy (non-hydrogen) atoms. The van der Waals surface area contributed by atoms with Gasteiger partial charge in [0, 0.05) is 31.7 Å². The van der Waals surface area contributed by atoms with Gasteiger partial charge in [0.15, 0.2) is 0 Å². The van der Waals surface area contributed by atoms with Gasteiger partial charge in [-0.15, -0.1) is 11.3 Å². The normalized spacial score (nSPS) is 12.2. The van der Waals surface area contributed by atoms with Gasteiger partial charge < -0.3 is 9.64 Å². The third-order valence-corrected chi connectivity index (χ3v) is 9.23. The van der Waals surface area contributed by atoms with E-state index < -0.39 is 10.0 Å². The first-order valence-electron chi connectivity index (χ1n) is 12.6. The van der Waals surface area contributed by atoms with Crippen molar-refractivity contribution in [2.45, 2.75) is 57.5 Å². The minimum absolute atomic E-state index is 0.114. The maximum Gasteiger partial charge on any atom is 0.243 e. The molecule has 206 valence electrons. The van der Waals surface area contributed by atoms with E-state index in [9.17, 15) is 17.6 Å². The summed E-state index contributed by atoms with van der Waals surface area (Å²) in [4.78, 5) is 16.5. The van der Waals surface area contributed by atoms with Crippen LogP contribution in [0, 0.1) is 12.7 Å². The van der Waals surface area contributed by atoms with Crippen LogP contribution in [-0.4, -0.2) is 50.3 Å². The second kappa shape index (κ2) is 13.0. The molecule has 9 heteroatoms. The van der Waals surface area contributed by atoms with Gasteiger partial charge in [-0.3, -0.25) is 4.79 Å². The first kappa shape index (κ1) is 30.0. The average Bonchev–Trinajstić information content (AvgIpc) is 3.28. The van der Waals surface area contributed by atoms with Gasteiger partial charge in [0.2, 0.25) is 15.9 Å². The Morgan fingerprint density at radius 3 is 2.21 bits per heavy atom. The maximum atomic E-state index is 13.7. The van der Waals surface area contributed by atoms with E-state index >= 15 is 0 Å². The summed E-state index contributed by atoms with van der Waals surface area (Å²) >= 11 is 1.55. The van der Waals surface area contributed by atoms with Crippen molar-refractivity contribution in [3.05, 3.63) is 87.4 Å². The Hall–Kier alpha value is -2.59. The number of aryl methyl sites for hydroxylation is 1. The van der Waals surface area contributed by atoms with Crippen molar-refractivity contribution in [2.24, 2.45) is 0 Å². The van der Waals surface area contributed by atoms with Gasteiger partial charge in [-0.1, -0.05) is 45.0 Å². The zero-order chi connectivity index (χ0) is 27.9. The molecule has 3 rings (SSSR count). The average molecular weight is 561 g/mol. The van der Waals surface area contributed by atoms with Gasteiger partial charge in [0.05, 0.1) is 18.0 Å². The van der Waals surface area contributed by atoms with Crippen LogP contribution in [0.2, 0.25) is 0 Å². The van der Waals surface area contributed by atoms with Gasteiger partial charge in [-0.2, -0.15) is 4.31 Å². The lowest BCUT2D eigenvalue weighted by atomic mass is 9.87. The maximum absolute atomic E-state index is 13.7. The van der Waals surface area contributed by atoms with Gasteiger partial charge in [0.25, 0.3) is 0 Å². The lowest BCUT2D eigenvalue weighted by Gasteiger charge is -2.28. The molecule has 0 N–H and O–H groups in total. The van der Waals surface area contributed by atoms with Crippen LogP contribution in [0.1, 0.15) is 48.8 Å². The summed E-state index contributed by atoms with van der Waals surface area (Å²) in [5.41, 5.74) is 2.74. The molecule has 0 aliphatic rings. The summed E-state index contributed by atoms with van der Waals surface area (Å²) in [5.74, 6) is -0.678. The number of thiophene rings is 1. The Labute approximate surface area is 230 Å². The Morgan fingerprint density at radius 2 is 1.66 bits per heavy atom. The van der Waals surface area contributed by atoms with Crippen molar-refractivity contribution in [3.63, 3.8) is 0 Å². The van der Waals surface area contributed by atoms with E-state index in [-0.39, 0.29) is 41.7 Å². The summed E-state index contributed by atoms with van der Waals surface area (Å²) in [6.45, 7) is 8.97. The molecule has 0 bridgehead atoms. The number of halogens is 1. The van der Waals surface area contributed by atoms with E-state index in [1.54, 1.807) is 47.6 Å². The number of methoxy groups -OCH3 is 1. The molecule has 1 aromatic heterocycles. The highest BCUT2D eigenvalue weighted by atomic mass is 32.2. The first-order chi connectivity index (χ1) is 17.9. The number of rotatable bonds is 12. The number of benzene rings is 2. The molecule has 1 amide bonds. The number of ether oxygens (including phenoxy) is 1. The van der Waals surface area contributed by atoms with Gasteiger partial charge in [0.1, 0.15) is 5.82 Å². The van der Waals surface area contributed by atoms with Crippen LogP contribution in [0.25, 0.3) is 0 Å². The minimum Gasteiger partial charge on any atom is -0.385 e. The van der Waals surface area contributed by atoms with E-state index in [1.807, 2.05) is 30.5 Å². The zero-order valence-electron chi connectivity index (χ0n) is 22.7. The molecule has 0 aliphatic carbocycles. The lowest BCUT2D eigenvalue weighted by molar-refractivity contribution is -0.132. The molecular formula is C29H37FN2O4S2. The van der Waals surface area contributed by atoms with E-state index in [4.69, 9.17) is 4.74 Å². The topological polar surface area (TPSA) is 66.9 Å². The van der Waals surface area contributed by atoms with E-state index in [2.05, 4.69) is 20.8 Å². The highest BCUT2D eigenvalue weighted by Gasteiger charge is 2.29. The van der Waals surface area contributed by atoms with Crippen molar-refractivity contribution < 1.29 is 22.3 Å². The van der Waals surface area contributed by atoms with Crippen LogP contribution in [0.15, 0.2) is 64.9 Å². The van der Waals surface area contributed by atoms with Crippen molar-refractivity contribution in [3.8, 4) is 0 Å². The Kier molecular flexibility index (Phi) is 10.2. The monoisotopic (exact) mass is 560 g/mol. The number of hydrogen-bond donors (Lipinski definition) is 0. The molecule has 3 aromatic rings. The summed E-state index contributed by atoms with van der Waals surface area (Å²) in [6, 6.07) is 14.8. The molecule has 6 nitrogen and oxygen atoms in total. The van der Waals surface area contributed by atoms with Crippen molar-refractivity contribution in [1.82, 2.24) is 9.21 Å². The summed E-state index contributed by atoms with van der Waals surface area (Å²) in [6.07, 6.45) is 0.449. The summed E-state index contributed by atoms with van der Waals surface area (Å²) < 4.78 is 47.2. The van der Waals surface area contributed by atoms with Crippen molar-refractivity contribution >= 4 is 27.3 Å². The molecule has 0 radical (unpaired) electrons. The number of carbonyl (C=O) groups excluding carboxylic acids is 1. The fourth-order valence-electron chi connectivity index (χ4n) is 3.98. The quantitative estimate of drug-likeness (QED) is 0.265. The smallest absolute Gasteiger partial charge is 0.243 e. The van der Waals surface area contributed by atoms with Crippen LogP contribution in [0.5, 0.6) is 0 Å². The van der Waals surface area contributed by atoms with Crippen LogP contribution in [0.4, 0.5) is 4.39 Å². The van der Waals surface area contributed by atoms with Crippen LogP contribution in [0.3, 0.4) is 0 Å². The molecule has 0 saturated carbocycles.